The second-order valence-corrected chi connectivity index (χ2v) is 8.70. The largest absolute Gasteiger partial charge is 0.487 e. The van der Waals surface area contributed by atoms with Crippen LogP contribution >= 0.6 is 0 Å². The molecule has 24 heavy (non-hydrogen) atoms. The third-order valence-corrected chi connectivity index (χ3v) is 5.31. The molecule has 3 rings (SSSR count). The zero-order chi connectivity index (χ0) is 17.7. The summed E-state index contributed by atoms with van der Waals surface area (Å²) >= 11 is 0. The molecule has 1 N–H and O–H groups in total. The van der Waals surface area contributed by atoms with E-state index in [1.54, 1.807) is 25.2 Å². The van der Waals surface area contributed by atoms with Crippen molar-refractivity contribution >= 4 is 15.8 Å². The van der Waals surface area contributed by atoms with Crippen LogP contribution in [0, 0.1) is 0 Å². The third-order valence-electron chi connectivity index (χ3n) is 3.98. The van der Waals surface area contributed by atoms with Gasteiger partial charge in [0.15, 0.2) is 5.82 Å². The monoisotopic (exact) mass is 350 g/mol. The summed E-state index contributed by atoms with van der Waals surface area (Å²) in [5.74, 6) is 1.19. The first-order valence-electron chi connectivity index (χ1n) is 7.83. The molecule has 1 aromatic heterocycles. The summed E-state index contributed by atoms with van der Waals surface area (Å²) in [5.41, 5.74) is 1.20. The van der Waals surface area contributed by atoms with E-state index in [9.17, 15) is 8.42 Å². The van der Waals surface area contributed by atoms with Crippen molar-refractivity contribution in [2.75, 3.05) is 4.72 Å². The Kier molecular flexibility index (Phi) is 3.82. The predicted molar refractivity (Wildman–Crippen MR) is 90.8 cm³/mol. The fourth-order valence-corrected chi connectivity index (χ4v) is 3.97. The number of nitrogens with zero attached hydrogens (tertiary/aromatic N) is 3. The van der Waals surface area contributed by atoms with Crippen molar-refractivity contribution in [3.63, 3.8) is 0 Å². The highest BCUT2D eigenvalue weighted by atomic mass is 32.2. The maximum Gasteiger partial charge on any atom is 0.263 e. The maximum atomic E-state index is 12.8. The Morgan fingerprint density at radius 1 is 1.33 bits per heavy atom. The summed E-state index contributed by atoms with van der Waals surface area (Å²) in [7, 11) is -2.06. The van der Waals surface area contributed by atoms with Gasteiger partial charge in [0.2, 0.25) is 0 Å². The Bertz CT molecular complexity index is 885. The van der Waals surface area contributed by atoms with Crippen molar-refractivity contribution in [3.05, 3.63) is 29.5 Å². The van der Waals surface area contributed by atoms with Crippen molar-refractivity contribution in [1.29, 1.82) is 0 Å². The number of anilines is 1. The second-order valence-electron chi connectivity index (χ2n) is 7.02. The zero-order valence-electron chi connectivity index (χ0n) is 14.5. The number of nitrogens with one attached hydrogen (secondary N) is 1. The topological polar surface area (TPSA) is 86.1 Å². The van der Waals surface area contributed by atoms with Crippen molar-refractivity contribution in [3.8, 4) is 5.75 Å². The lowest BCUT2D eigenvalue weighted by molar-refractivity contribution is 0.138. The molecule has 0 saturated carbocycles. The van der Waals surface area contributed by atoms with Gasteiger partial charge in [-0.2, -0.15) is 0 Å². The molecule has 0 spiro atoms. The van der Waals surface area contributed by atoms with E-state index in [1.807, 2.05) is 27.7 Å². The Balaban J connectivity index is 1.95. The van der Waals surface area contributed by atoms with Gasteiger partial charge >= 0.3 is 0 Å². The molecule has 0 amide bonds. The fraction of sp³-hybridized carbons (Fsp3) is 0.500. The molecule has 0 radical (unpaired) electrons. The van der Waals surface area contributed by atoms with E-state index >= 15 is 0 Å². The summed E-state index contributed by atoms with van der Waals surface area (Å²) in [4.78, 5) is 0.207. The van der Waals surface area contributed by atoms with Crippen LogP contribution in [0.25, 0.3) is 0 Å². The van der Waals surface area contributed by atoms with E-state index in [-0.39, 0.29) is 16.4 Å². The molecule has 0 unspecified atom stereocenters. The molecular formula is C16H22N4O3S. The van der Waals surface area contributed by atoms with Crippen molar-refractivity contribution in [2.24, 2.45) is 7.05 Å². The minimum atomic E-state index is -3.73. The molecule has 7 nitrogen and oxygen atoms in total. The average molecular weight is 350 g/mol. The van der Waals surface area contributed by atoms with Crippen LogP contribution in [0.2, 0.25) is 0 Å². The van der Waals surface area contributed by atoms with Crippen LogP contribution in [0.1, 0.15) is 44.9 Å². The van der Waals surface area contributed by atoms with E-state index < -0.39 is 10.0 Å². The average Bonchev–Trinajstić information content (AvgIpc) is 2.96. The molecule has 0 atom stereocenters. The first-order valence-corrected chi connectivity index (χ1v) is 9.32. The van der Waals surface area contributed by atoms with Crippen LogP contribution in [-0.2, 0) is 23.5 Å². The van der Waals surface area contributed by atoms with Gasteiger partial charge in [-0.05, 0) is 37.6 Å². The lowest BCUT2D eigenvalue weighted by Crippen LogP contribution is -2.24. The van der Waals surface area contributed by atoms with Crippen molar-refractivity contribution < 1.29 is 13.2 Å². The van der Waals surface area contributed by atoms with Crippen molar-refractivity contribution in [2.45, 2.75) is 50.5 Å². The van der Waals surface area contributed by atoms with E-state index in [1.165, 1.54) is 4.68 Å². The SMILES string of the molecule is CC(C)c1nnn(C)c1NS(=O)(=O)c1ccc2c(c1)CC(C)(C)O2. The van der Waals surface area contributed by atoms with Gasteiger partial charge in [-0.25, -0.2) is 13.1 Å². The van der Waals surface area contributed by atoms with Crippen LogP contribution in [-0.4, -0.2) is 29.0 Å². The number of benzene rings is 1. The van der Waals surface area contributed by atoms with Crippen LogP contribution in [0.3, 0.4) is 0 Å². The fourth-order valence-electron chi connectivity index (χ4n) is 2.82. The number of hydrogen-bond donors (Lipinski definition) is 1. The summed E-state index contributed by atoms with van der Waals surface area (Å²) < 4.78 is 35.4. The van der Waals surface area contributed by atoms with E-state index in [0.29, 0.717) is 17.9 Å². The summed E-state index contributed by atoms with van der Waals surface area (Å²) in [6.45, 7) is 7.85. The first-order chi connectivity index (χ1) is 11.1. The van der Waals surface area contributed by atoms with E-state index in [4.69, 9.17) is 4.74 Å². The highest BCUT2D eigenvalue weighted by molar-refractivity contribution is 7.92. The standard InChI is InChI=1S/C16H22N4O3S/c1-10(2)14-15(20(5)19-17-14)18-24(21,22)12-6-7-13-11(8-12)9-16(3,4)23-13/h6-8,10,18H,9H2,1-5H3. The Morgan fingerprint density at radius 3 is 2.71 bits per heavy atom. The second kappa shape index (κ2) is 5.47. The van der Waals surface area contributed by atoms with Gasteiger partial charge in [-0.1, -0.05) is 19.1 Å². The Labute approximate surface area is 142 Å². The van der Waals surface area contributed by atoms with Gasteiger partial charge in [0.1, 0.15) is 17.0 Å². The predicted octanol–water partition coefficient (Wildman–Crippen LogP) is 2.45. The molecule has 2 heterocycles. The van der Waals surface area contributed by atoms with Gasteiger partial charge in [-0.15, -0.1) is 5.10 Å². The number of aryl methyl sites for hydroxylation is 1. The number of sulfonamides is 1. The van der Waals surface area contributed by atoms with Crippen LogP contribution in [0.4, 0.5) is 5.82 Å². The molecule has 0 saturated heterocycles. The summed E-state index contributed by atoms with van der Waals surface area (Å²) in [6.07, 6.45) is 0.677. The molecule has 1 aromatic carbocycles. The Morgan fingerprint density at radius 2 is 2.04 bits per heavy atom. The molecule has 130 valence electrons. The third kappa shape index (κ3) is 2.98. The zero-order valence-corrected chi connectivity index (χ0v) is 15.3. The quantitative estimate of drug-likeness (QED) is 0.915. The smallest absolute Gasteiger partial charge is 0.263 e. The molecule has 0 aliphatic carbocycles. The minimum Gasteiger partial charge on any atom is -0.487 e. The van der Waals surface area contributed by atoms with E-state index in [0.717, 1.165) is 11.3 Å². The number of fused-ring (bicyclic) bond motifs is 1. The lowest BCUT2D eigenvalue weighted by Gasteiger charge is -2.16. The number of rotatable bonds is 4. The van der Waals surface area contributed by atoms with Gasteiger partial charge in [-0.3, -0.25) is 4.72 Å². The molecule has 0 bridgehead atoms. The van der Waals surface area contributed by atoms with Gasteiger partial charge < -0.3 is 4.74 Å². The van der Waals surface area contributed by atoms with Crippen molar-refractivity contribution in [1.82, 2.24) is 15.0 Å². The lowest BCUT2D eigenvalue weighted by atomic mass is 10.0. The van der Waals surface area contributed by atoms with E-state index in [2.05, 4.69) is 15.0 Å². The molecule has 1 aliphatic rings. The summed E-state index contributed by atoms with van der Waals surface area (Å²) in [5, 5.41) is 7.95. The molecular weight excluding hydrogens is 328 g/mol. The number of aromatic nitrogens is 3. The van der Waals surface area contributed by atoms with Gasteiger partial charge in [0, 0.05) is 19.4 Å². The number of hydrogen-bond acceptors (Lipinski definition) is 5. The van der Waals surface area contributed by atoms with Crippen LogP contribution in [0.5, 0.6) is 5.75 Å². The van der Waals surface area contributed by atoms with Crippen LogP contribution in [0.15, 0.2) is 23.1 Å². The molecule has 1 aliphatic heterocycles. The first kappa shape index (κ1) is 16.8. The minimum absolute atomic E-state index is 0.0608. The summed E-state index contributed by atoms with van der Waals surface area (Å²) in [6, 6.07) is 4.94. The van der Waals surface area contributed by atoms with Gasteiger partial charge in [0.05, 0.1) is 4.90 Å². The highest BCUT2D eigenvalue weighted by Gasteiger charge is 2.31. The highest BCUT2D eigenvalue weighted by Crippen LogP contribution is 2.36. The molecule has 8 heteroatoms. The normalized spacial score (nSPS) is 16.1. The molecule has 0 fully saturated rings. The van der Waals surface area contributed by atoms with Crippen LogP contribution < -0.4 is 9.46 Å². The maximum absolute atomic E-state index is 12.8. The van der Waals surface area contributed by atoms with Gasteiger partial charge in [0.25, 0.3) is 10.0 Å². The molecule has 2 aromatic rings. The Hall–Kier alpha value is -2.09. The number of ether oxygens (including phenoxy) is 1.